The van der Waals surface area contributed by atoms with Gasteiger partial charge in [-0.15, -0.1) is 0 Å². The molecular formula is C16H20ClNO3. The molecule has 0 aliphatic heterocycles. The van der Waals surface area contributed by atoms with Gasteiger partial charge in [0.1, 0.15) is 0 Å². The second-order valence-corrected chi connectivity index (χ2v) is 5.12. The predicted octanol–water partition coefficient (Wildman–Crippen LogP) is 3.01. The van der Waals surface area contributed by atoms with Crippen molar-refractivity contribution in [3.63, 3.8) is 0 Å². The summed E-state index contributed by atoms with van der Waals surface area (Å²) in [4.78, 5) is 25.1. The van der Waals surface area contributed by atoms with Crippen molar-refractivity contribution >= 4 is 29.6 Å². The summed E-state index contributed by atoms with van der Waals surface area (Å²) in [5.74, 6) is -0.797. The number of hydrogen-bond acceptors (Lipinski definition) is 3. The van der Waals surface area contributed by atoms with Gasteiger partial charge in [0.15, 0.2) is 0 Å². The summed E-state index contributed by atoms with van der Waals surface area (Å²) < 4.78 is 4.67. The number of ether oxygens (including phenoxy) is 1. The number of halogens is 1. The Hall–Kier alpha value is -1.81. The Morgan fingerprint density at radius 1 is 1.33 bits per heavy atom. The second kappa shape index (κ2) is 8.47. The molecule has 1 unspecified atom stereocenters. The van der Waals surface area contributed by atoms with E-state index in [1.807, 2.05) is 19.1 Å². The van der Waals surface area contributed by atoms with Crippen molar-refractivity contribution in [1.82, 2.24) is 4.90 Å². The lowest BCUT2D eigenvalue weighted by Gasteiger charge is -2.22. The van der Waals surface area contributed by atoms with E-state index in [9.17, 15) is 9.59 Å². The van der Waals surface area contributed by atoms with Crippen molar-refractivity contribution in [1.29, 1.82) is 0 Å². The van der Waals surface area contributed by atoms with Crippen LogP contribution in [-0.4, -0.2) is 37.0 Å². The molecule has 0 aliphatic rings. The highest BCUT2D eigenvalue weighted by molar-refractivity contribution is 6.30. The van der Waals surface area contributed by atoms with Crippen LogP contribution in [0.15, 0.2) is 30.3 Å². The predicted molar refractivity (Wildman–Crippen MR) is 83.9 cm³/mol. The van der Waals surface area contributed by atoms with E-state index in [-0.39, 0.29) is 17.8 Å². The fourth-order valence-corrected chi connectivity index (χ4v) is 1.95. The van der Waals surface area contributed by atoms with Crippen LogP contribution in [0.25, 0.3) is 6.08 Å². The van der Waals surface area contributed by atoms with Gasteiger partial charge in [-0.05, 0) is 30.7 Å². The van der Waals surface area contributed by atoms with E-state index in [2.05, 4.69) is 4.74 Å². The van der Waals surface area contributed by atoms with Gasteiger partial charge in [0.25, 0.3) is 0 Å². The molecule has 0 spiro atoms. The first kappa shape index (κ1) is 17.2. The maximum Gasteiger partial charge on any atom is 0.310 e. The first-order chi connectivity index (χ1) is 9.97. The SMILES string of the molecule is CCN(CC(C)C(=O)OC)C(=O)/C=C/c1ccc(Cl)cc1. The minimum Gasteiger partial charge on any atom is -0.469 e. The molecule has 1 atom stereocenters. The zero-order valence-electron chi connectivity index (χ0n) is 12.5. The number of benzene rings is 1. The Bertz CT molecular complexity index is 511. The monoisotopic (exact) mass is 309 g/mol. The fourth-order valence-electron chi connectivity index (χ4n) is 1.83. The quantitative estimate of drug-likeness (QED) is 0.599. The molecule has 0 heterocycles. The van der Waals surface area contributed by atoms with Gasteiger partial charge in [-0.3, -0.25) is 9.59 Å². The molecular weight excluding hydrogens is 290 g/mol. The molecule has 0 radical (unpaired) electrons. The summed E-state index contributed by atoms with van der Waals surface area (Å²) in [6.07, 6.45) is 3.22. The molecule has 1 aromatic carbocycles. The van der Waals surface area contributed by atoms with Crippen LogP contribution in [-0.2, 0) is 14.3 Å². The summed E-state index contributed by atoms with van der Waals surface area (Å²) in [6, 6.07) is 7.20. The number of nitrogens with zero attached hydrogens (tertiary/aromatic N) is 1. The van der Waals surface area contributed by atoms with Crippen molar-refractivity contribution in [3.8, 4) is 0 Å². The standard InChI is InChI=1S/C16H20ClNO3/c1-4-18(11-12(2)16(20)21-3)15(19)10-7-13-5-8-14(17)9-6-13/h5-10,12H,4,11H2,1-3H3/b10-7+. The fraction of sp³-hybridized carbons (Fsp3) is 0.375. The van der Waals surface area contributed by atoms with Gasteiger partial charge in [-0.25, -0.2) is 0 Å². The van der Waals surface area contributed by atoms with Crippen molar-refractivity contribution < 1.29 is 14.3 Å². The lowest BCUT2D eigenvalue weighted by Crippen LogP contribution is -2.36. The third-order valence-corrected chi connectivity index (χ3v) is 3.33. The molecule has 114 valence electrons. The van der Waals surface area contributed by atoms with Gasteiger partial charge in [0.2, 0.25) is 5.91 Å². The van der Waals surface area contributed by atoms with Crippen molar-refractivity contribution in [2.24, 2.45) is 5.92 Å². The third kappa shape index (κ3) is 5.60. The van der Waals surface area contributed by atoms with Gasteiger partial charge < -0.3 is 9.64 Å². The largest absolute Gasteiger partial charge is 0.469 e. The average Bonchev–Trinajstić information content (AvgIpc) is 2.50. The van der Waals surface area contributed by atoms with E-state index in [0.717, 1.165) is 5.56 Å². The Labute approximate surface area is 130 Å². The van der Waals surface area contributed by atoms with Gasteiger partial charge >= 0.3 is 5.97 Å². The molecule has 0 saturated heterocycles. The number of likely N-dealkylation sites (N-methyl/N-ethyl adjacent to an activating group) is 1. The van der Waals surface area contributed by atoms with Crippen LogP contribution in [0.1, 0.15) is 19.4 Å². The summed E-state index contributed by atoms with van der Waals surface area (Å²) in [5.41, 5.74) is 0.893. The van der Waals surface area contributed by atoms with E-state index in [4.69, 9.17) is 11.6 Å². The second-order valence-electron chi connectivity index (χ2n) is 4.69. The highest BCUT2D eigenvalue weighted by Crippen LogP contribution is 2.11. The van der Waals surface area contributed by atoms with E-state index in [0.29, 0.717) is 18.1 Å². The van der Waals surface area contributed by atoms with Gasteiger partial charge in [-0.2, -0.15) is 0 Å². The number of rotatable bonds is 6. The molecule has 1 rings (SSSR count). The smallest absolute Gasteiger partial charge is 0.310 e. The molecule has 5 heteroatoms. The number of amides is 1. The van der Waals surface area contributed by atoms with Crippen molar-refractivity contribution in [2.45, 2.75) is 13.8 Å². The van der Waals surface area contributed by atoms with Crippen LogP contribution in [0.2, 0.25) is 5.02 Å². The van der Waals surface area contributed by atoms with Crippen LogP contribution in [0.4, 0.5) is 0 Å². The normalized spacial score (nSPS) is 12.2. The molecule has 0 aromatic heterocycles. The Morgan fingerprint density at radius 2 is 1.95 bits per heavy atom. The lowest BCUT2D eigenvalue weighted by molar-refractivity contribution is -0.146. The number of carbonyl (C=O) groups is 2. The lowest BCUT2D eigenvalue weighted by atomic mass is 10.1. The topological polar surface area (TPSA) is 46.6 Å². The van der Waals surface area contributed by atoms with Crippen molar-refractivity contribution in [2.75, 3.05) is 20.2 Å². The van der Waals surface area contributed by atoms with Crippen LogP contribution >= 0.6 is 11.6 Å². The molecule has 0 N–H and O–H groups in total. The minimum absolute atomic E-state index is 0.136. The summed E-state index contributed by atoms with van der Waals surface area (Å²) >= 11 is 5.80. The van der Waals surface area contributed by atoms with Crippen LogP contribution in [0.5, 0.6) is 0 Å². The van der Waals surface area contributed by atoms with E-state index >= 15 is 0 Å². The zero-order valence-corrected chi connectivity index (χ0v) is 13.3. The maximum atomic E-state index is 12.1. The van der Waals surface area contributed by atoms with Gasteiger partial charge in [0.05, 0.1) is 13.0 Å². The molecule has 1 aromatic rings. The first-order valence-electron chi connectivity index (χ1n) is 6.78. The maximum absolute atomic E-state index is 12.1. The molecule has 0 aliphatic carbocycles. The molecule has 0 bridgehead atoms. The number of hydrogen-bond donors (Lipinski definition) is 0. The molecule has 0 saturated carbocycles. The highest BCUT2D eigenvalue weighted by Gasteiger charge is 2.18. The van der Waals surface area contributed by atoms with Crippen LogP contribution < -0.4 is 0 Å². The summed E-state index contributed by atoms with van der Waals surface area (Å²) in [7, 11) is 1.34. The van der Waals surface area contributed by atoms with Gasteiger partial charge in [0, 0.05) is 24.2 Å². The molecule has 4 nitrogen and oxygen atoms in total. The molecule has 0 fully saturated rings. The highest BCUT2D eigenvalue weighted by atomic mass is 35.5. The van der Waals surface area contributed by atoms with E-state index < -0.39 is 0 Å². The number of carbonyl (C=O) groups excluding carboxylic acids is 2. The van der Waals surface area contributed by atoms with E-state index in [1.165, 1.54) is 13.2 Å². The Balaban J connectivity index is 2.66. The van der Waals surface area contributed by atoms with Gasteiger partial charge in [-0.1, -0.05) is 30.7 Å². The zero-order chi connectivity index (χ0) is 15.8. The number of esters is 1. The van der Waals surface area contributed by atoms with Crippen LogP contribution in [0, 0.1) is 5.92 Å². The Kier molecular flexibility index (Phi) is 6.96. The molecule has 1 amide bonds. The average molecular weight is 310 g/mol. The first-order valence-corrected chi connectivity index (χ1v) is 7.16. The van der Waals surface area contributed by atoms with Crippen molar-refractivity contribution in [3.05, 3.63) is 40.9 Å². The summed E-state index contributed by atoms with van der Waals surface area (Å²) in [6.45, 7) is 4.49. The number of methoxy groups -OCH3 is 1. The van der Waals surface area contributed by atoms with E-state index in [1.54, 1.807) is 30.0 Å². The Morgan fingerprint density at radius 3 is 2.48 bits per heavy atom. The minimum atomic E-state index is -0.345. The van der Waals surface area contributed by atoms with Crippen LogP contribution in [0.3, 0.4) is 0 Å². The summed E-state index contributed by atoms with van der Waals surface area (Å²) in [5, 5.41) is 0.653. The third-order valence-electron chi connectivity index (χ3n) is 3.08. The molecule has 21 heavy (non-hydrogen) atoms.